The molecule has 0 bridgehead atoms. The van der Waals surface area contributed by atoms with Crippen LogP contribution in [0.3, 0.4) is 0 Å². The summed E-state index contributed by atoms with van der Waals surface area (Å²) in [6, 6.07) is 0. The number of hydrogen-bond donors (Lipinski definition) is 2. The Morgan fingerprint density at radius 2 is 1.89 bits per heavy atom. The zero-order chi connectivity index (χ0) is 13.4. The van der Waals surface area contributed by atoms with E-state index < -0.39 is 11.8 Å². The van der Waals surface area contributed by atoms with Crippen molar-refractivity contribution in [3.8, 4) is 0 Å². The molecule has 102 valence electrons. The van der Waals surface area contributed by atoms with Crippen LogP contribution in [-0.2, 0) is 6.61 Å². The number of nitrogens with zero attached hydrogens (tertiary/aromatic N) is 3. The lowest BCUT2D eigenvalue weighted by Gasteiger charge is -2.38. The maximum Gasteiger partial charge on any atom is 0.417 e. The summed E-state index contributed by atoms with van der Waals surface area (Å²) in [7, 11) is 0. The van der Waals surface area contributed by atoms with Crippen LogP contribution in [0.15, 0.2) is 0 Å². The second kappa shape index (κ2) is 4.63. The van der Waals surface area contributed by atoms with Crippen molar-refractivity contribution in [1.82, 2.24) is 10.2 Å². The maximum atomic E-state index is 12.6. The molecule has 1 aliphatic heterocycles. The minimum Gasteiger partial charge on any atom is -0.389 e. The van der Waals surface area contributed by atoms with Crippen molar-refractivity contribution in [1.29, 1.82) is 0 Å². The summed E-state index contributed by atoms with van der Waals surface area (Å²) in [5.41, 5.74) is -2.60. The minimum absolute atomic E-state index is 0.0655. The first kappa shape index (κ1) is 13.5. The quantitative estimate of drug-likeness (QED) is 0.845. The fourth-order valence-corrected chi connectivity index (χ4v) is 2.54. The molecule has 1 fully saturated rings. The number of aromatic nitrogens is 2. The third-order valence-electron chi connectivity index (χ3n) is 2.98. The molecule has 2 N–H and O–H groups in total. The minimum atomic E-state index is -4.60. The molecule has 9 heteroatoms. The summed E-state index contributed by atoms with van der Waals surface area (Å²) < 4.78 is 37.8. The lowest BCUT2D eigenvalue weighted by Crippen LogP contribution is -2.53. The standard InChI is InChI=1S/C9H12F3N3O2S/c10-9(11,12)8(17)1-3-15(4-2-8)7-14-13-6(5-16)18-7/h16-17H,1-5H2. The molecule has 0 radical (unpaired) electrons. The molecule has 0 unspecified atom stereocenters. The summed E-state index contributed by atoms with van der Waals surface area (Å²) in [4.78, 5) is 1.64. The lowest BCUT2D eigenvalue weighted by atomic mass is 9.91. The van der Waals surface area contributed by atoms with Gasteiger partial charge in [0, 0.05) is 25.9 Å². The molecule has 1 saturated heterocycles. The number of hydrogen-bond acceptors (Lipinski definition) is 6. The van der Waals surface area contributed by atoms with E-state index in [1.165, 1.54) is 0 Å². The molecule has 18 heavy (non-hydrogen) atoms. The van der Waals surface area contributed by atoms with Crippen LogP contribution < -0.4 is 4.90 Å². The topological polar surface area (TPSA) is 69.5 Å². The van der Waals surface area contributed by atoms with Gasteiger partial charge in [0.25, 0.3) is 0 Å². The predicted molar refractivity (Wildman–Crippen MR) is 58.3 cm³/mol. The average Bonchev–Trinajstić information content (AvgIpc) is 2.77. The van der Waals surface area contributed by atoms with Gasteiger partial charge in [-0.2, -0.15) is 13.2 Å². The fraction of sp³-hybridized carbons (Fsp3) is 0.778. The highest BCUT2D eigenvalue weighted by atomic mass is 32.1. The van der Waals surface area contributed by atoms with E-state index in [0.717, 1.165) is 11.3 Å². The highest BCUT2D eigenvalue weighted by Crippen LogP contribution is 2.39. The van der Waals surface area contributed by atoms with Gasteiger partial charge in [0.1, 0.15) is 5.01 Å². The normalized spacial score (nSPS) is 20.2. The van der Waals surface area contributed by atoms with Crippen molar-refractivity contribution in [2.24, 2.45) is 0 Å². The Balaban J connectivity index is 2.02. The van der Waals surface area contributed by atoms with Crippen molar-refractivity contribution in [3.63, 3.8) is 0 Å². The van der Waals surface area contributed by atoms with Crippen LogP contribution in [0.25, 0.3) is 0 Å². The first-order valence-electron chi connectivity index (χ1n) is 5.33. The molecule has 1 aliphatic rings. The third kappa shape index (κ3) is 2.43. The number of piperidine rings is 1. The number of aliphatic hydroxyl groups excluding tert-OH is 1. The molecule has 0 spiro atoms. The van der Waals surface area contributed by atoms with Crippen LogP contribution in [0.4, 0.5) is 18.3 Å². The number of alkyl halides is 3. The smallest absolute Gasteiger partial charge is 0.389 e. The van der Waals surface area contributed by atoms with E-state index in [9.17, 15) is 18.3 Å². The Labute approximate surface area is 105 Å². The highest BCUT2D eigenvalue weighted by molar-refractivity contribution is 7.15. The summed E-state index contributed by atoms with van der Waals surface area (Å²) >= 11 is 1.14. The fourth-order valence-electron chi connectivity index (χ4n) is 1.79. The van der Waals surface area contributed by atoms with Crippen molar-refractivity contribution in [2.75, 3.05) is 18.0 Å². The average molecular weight is 283 g/mol. The van der Waals surface area contributed by atoms with Crippen molar-refractivity contribution in [2.45, 2.75) is 31.2 Å². The van der Waals surface area contributed by atoms with Crippen molar-refractivity contribution < 1.29 is 23.4 Å². The summed E-state index contributed by atoms with van der Waals surface area (Å²) in [5.74, 6) is 0. The SMILES string of the molecule is OCc1nnc(N2CCC(O)(C(F)(F)F)CC2)s1. The molecule has 5 nitrogen and oxygen atoms in total. The van der Waals surface area contributed by atoms with E-state index in [0.29, 0.717) is 10.1 Å². The Morgan fingerprint density at radius 1 is 1.28 bits per heavy atom. The lowest BCUT2D eigenvalue weighted by molar-refractivity contribution is -0.266. The highest BCUT2D eigenvalue weighted by Gasteiger charge is 2.54. The third-order valence-corrected chi connectivity index (χ3v) is 3.95. The molecular weight excluding hydrogens is 271 g/mol. The van der Waals surface area contributed by atoms with Gasteiger partial charge < -0.3 is 15.1 Å². The van der Waals surface area contributed by atoms with Crippen LogP contribution in [0.2, 0.25) is 0 Å². The largest absolute Gasteiger partial charge is 0.417 e. The van der Waals surface area contributed by atoms with Gasteiger partial charge in [-0.05, 0) is 0 Å². The van der Waals surface area contributed by atoms with Gasteiger partial charge in [0.05, 0.1) is 6.61 Å². The second-order valence-corrected chi connectivity index (χ2v) is 5.19. The molecule has 0 aromatic carbocycles. The predicted octanol–water partition coefficient (Wildman–Crippen LogP) is 0.924. The zero-order valence-electron chi connectivity index (χ0n) is 9.31. The maximum absolute atomic E-state index is 12.6. The van der Waals surface area contributed by atoms with E-state index in [1.807, 2.05) is 0 Å². The second-order valence-electron chi connectivity index (χ2n) is 4.15. The number of aliphatic hydroxyl groups is 2. The van der Waals surface area contributed by atoms with E-state index in [-0.39, 0.29) is 32.5 Å². The van der Waals surface area contributed by atoms with Gasteiger partial charge in [0.2, 0.25) is 5.13 Å². The summed E-state index contributed by atoms with van der Waals surface area (Å²) in [5, 5.41) is 26.7. The molecule has 0 saturated carbocycles. The molecule has 2 rings (SSSR count). The van der Waals surface area contributed by atoms with Gasteiger partial charge in [-0.3, -0.25) is 0 Å². The van der Waals surface area contributed by atoms with Crippen molar-refractivity contribution in [3.05, 3.63) is 5.01 Å². The molecule has 2 heterocycles. The van der Waals surface area contributed by atoms with E-state index in [2.05, 4.69) is 10.2 Å². The van der Waals surface area contributed by atoms with Crippen LogP contribution in [0.5, 0.6) is 0 Å². The first-order chi connectivity index (χ1) is 8.36. The van der Waals surface area contributed by atoms with Crippen molar-refractivity contribution >= 4 is 16.5 Å². The van der Waals surface area contributed by atoms with E-state index in [4.69, 9.17) is 5.11 Å². The Bertz CT molecular complexity index is 415. The molecule has 0 atom stereocenters. The summed E-state index contributed by atoms with van der Waals surface area (Å²) in [6.07, 6.45) is -5.37. The van der Waals surface area contributed by atoms with Gasteiger partial charge in [0.15, 0.2) is 5.60 Å². The van der Waals surface area contributed by atoms with Crippen LogP contribution in [0, 0.1) is 0 Å². The zero-order valence-corrected chi connectivity index (χ0v) is 10.1. The monoisotopic (exact) mass is 283 g/mol. The first-order valence-corrected chi connectivity index (χ1v) is 6.15. The summed E-state index contributed by atoms with van der Waals surface area (Å²) in [6.45, 7) is -0.107. The van der Waals surface area contributed by atoms with Crippen LogP contribution >= 0.6 is 11.3 Å². The van der Waals surface area contributed by atoms with Gasteiger partial charge in [-0.1, -0.05) is 11.3 Å². The molecular formula is C9H12F3N3O2S. The van der Waals surface area contributed by atoms with Gasteiger partial charge in [-0.15, -0.1) is 10.2 Å². The molecule has 1 aromatic heterocycles. The Hall–Kier alpha value is -0.930. The number of halogens is 3. The van der Waals surface area contributed by atoms with E-state index >= 15 is 0 Å². The molecule has 1 aromatic rings. The molecule has 0 aliphatic carbocycles. The Kier molecular flexibility index (Phi) is 3.47. The van der Waals surface area contributed by atoms with Crippen LogP contribution in [0.1, 0.15) is 17.8 Å². The number of anilines is 1. The molecule has 0 amide bonds. The van der Waals surface area contributed by atoms with E-state index in [1.54, 1.807) is 4.90 Å². The Morgan fingerprint density at radius 3 is 2.33 bits per heavy atom. The van der Waals surface area contributed by atoms with Gasteiger partial charge >= 0.3 is 6.18 Å². The van der Waals surface area contributed by atoms with Crippen LogP contribution in [-0.4, -0.2) is 45.3 Å². The number of rotatable bonds is 2. The van der Waals surface area contributed by atoms with Gasteiger partial charge in [-0.25, -0.2) is 0 Å².